The zero-order chi connectivity index (χ0) is 19.9. The molecule has 148 valence electrons. The molecule has 0 bridgehead atoms. The van der Waals surface area contributed by atoms with Gasteiger partial charge < -0.3 is 10.6 Å². The third-order valence-electron chi connectivity index (χ3n) is 4.74. The number of hydrogen-bond donors (Lipinski definition) is 2. The Kier molecular flexibility index (Phi) is 7.34. The van der Waals surface area contributed by atoms with Crippen LogP contribution in [0.15, 0.2) is 47.5 Å². The topological polar surface area (TPSA) is 71.1 Å². The molecule has 1 saturated carbocycles. The first-order chi connectivity index (χ1) is 13.5. The minimum absolute atomic E-state index is 0.0986. The van der Waals surface area contributed by atoms with Gasteiger partial charge in [-0.15, -0.1) is 11.8 Å². The fraction of sp³-hybridized carbons (Fsp3) is 0.381. The van der Waals surface area contributed by atoms with Gasteiger partial charge in [0.25, 0.3) is 0 Å². The number of aromatic nitrogens is 1. The second kappa shape index (κ2) is 9.94. The Hall–Kier alpha value is -2.05. The molecule has 5 nitrogen and oxygen atoms in total. The van der Waals surface area contributed by atoms with Gasteiger partial charge in [-0.25, -0.2) is 4.98 Å². The van der Waals surface area contributed by atoms with Crippen LogP contribution in [0.5, 0.6) is 0 Å². The molecule has 1 unspecified atom stereocenters. The van der Waals surface area contributed by atoms with Gasteiger partial charge in [-0.1, -0.05) is 36.9 Å². The van der Waals surface area contributed by atoms with Gasteiger partial charge in [0.15, 0.2) is 0 Å². The fourth-order valence-corrected chi connectivity index (χ4v) is 4.23. The van der Waals surface area contributed by atoms with E-state index in [0.29, 0.717) is 10.8 Å². The van der Waals surface area contributed by atoms with E-state index in [9.17, 15) is 9.59 Å². The summed E-state index contributed by atoms with van der Waals surface area (Å²) in [5.41, 5.74) is 0.771. The molecule has 1 atom stereocenters. The van der Waals surface area contributed by atoms with Gasteiger partial charge in [-0.3, -0.25) is 9.59 Å². The van der Waals surface area contributed by atoms with Crippen LogP contribution in [-0.4, -0.2) is 22.0 Å². The van der Waals surface area contributed by atoms with Crippen molar-refractivity contribution < 1.29 is 9.59 Å². The fourth-order valence-electron chi connectivity index (χ4n) is 3.19. The van der Waals surface area contributed by atoms with E-state index in [1.54, 1.807) is 12.1 Å². The number of benzene rings is 1. The van der Waals surface area contributed by atoms with Gasteiger partial charge in [-0.05, 0) is 50.1 Å². The zero-order valence-corrected chi connectivity index (χ0v) is 17.4. The van der Waals surface area contributed by atoms with Crippen LogP contribution in [0.2, 0.25) is 5.02 Å². The third kappa shape index (κ3) is 5.97. The first-order valence-electron chi connectivity index (χ1n) is 9.51. The summed E-state index contributed by atoms with van der Waals surface area (Å²) in [6.45, 7) is 1.84. The van der Waals surface area contributed by atoms with E-state index in [2.05, 4.69) is 15.6 Å². The zero-order valence-electron chi connectivity index (χ0n) is 15.8. The predicted molar refractivity (Wildman–Crippen MR) is 115 cm³/mol. The van der Waals surface area contributed by atoms with Crippen LogP contribution in [0.4, 0.5) is 11.5 Å². The Labute approximate surface area is 174 Å². The Morgan fingerprint density at radius 1 is 1.14 bits per heavy atom. The molecule has 1 aliphatic rings. The molecule has 2 aromatic rings. The highest BCUT2D eigenvalue weighted by molar-refractivity contribution is 8.00. The maximum absolute atomic E-state index is 12.4. The second-order valence-electron chi connectivity index (χ2n) is 6.96. The normalized spacial score (nSPS) is 15.6. The number of halogens is 1. The SMILES string of the molecule is CC(Sc1cccc(NC(=O)C2CCCCC2)c1)C(=O)Nc1ccc(Cl)cn1. The van der Waals surface area contributed by atoms with Crippen LogP contribution in [0.25, 0.3) is 0 Å². The Balaban J connectivity index is 1.56. The van der Waals surface area contributed by atoms with Crippen LogP contribution >= 0.6 is 23.4 Å². The van der Waals surface area contributed by atoms with E-state index >= 15 is 0 Å². The van der Waals surface area contributed by atoms with Crippen molar-refractivity contribution >= 4 is 46.7 Å². The van der Waals surface area contributed by atoms with Crippen LogP contribution < -0.4 is 10.6 Å². The van der Waals surface area contributed by atoms with Crippen LogP contribution in [-0.2, 0) is 9.59 Å². The van der Waals surface area contributed by atoms with Crippen molar-refractivity contribution in [1.29, 1.82) is 0 Å². The van der Waals surface area contributed by atoms with Crippen molar-refractivity contribution in [2.45, 2.75) is 49.2 Å². The van der Waals surface area contributed by atoms with Crippen molar-refractivity contribution in [1.82, 2.24) is 4.98 Å². The molecular formula is C21H24ClN3O2S. The van der Waals surface area contributed by atoms with Crippen LogP contribution in [0.1, 0.15) is 39.0 Å². The number of carbonyl (C=O) groups excluding carboxylic acids is 2. The van der Waals surface area contributed by atoms with Gasteiger partial charge in [0.1, 0.15) is 5.82 Å². The molecule has 7 heteroatoms. The van der Waals surface area contributed by atoms with E-state index in [0.717, 1.165) is 36.3 Å². The van der Waals surface area contributed by atoms with Gasteiger partial charge in [0, 0.05) is 22.7 Å². The molecule has 2 N–H and O–H groups in total. The lowest BCUT2D eigenvalue weighted by atomic mass is 9.88. The first-order valence-corrected chi connectivity index (χ1v) is 10.8. The van der Waals surface area contributed by atoms with E-state index in [1.807, 2.05) is 31.2 Å². The summed E-state index contributed by atoms with van der Waals surface area (Å²) in [6.07, 6.45) is 6.91. The van der Waals surface area contributed by atoms with Gasteiger partial charge >= 0.3 is 0 Å². The lowest BCUT2D eigenvalue weighted by Crippen LogP contribution is -2.24. The molecule has 0 aliphatic heterocycles. The van der Waals surface area contributed by atoms with Gasteiger partial charge in [-0.2, -0.15) is 0 Å². The molecule has 1 heterocycles. The molecule has 2 amide bonds. The second-order valence-corrected chi connectivity index (χ2v) is 8.81. The Morgan fingerprint density at radius 3 is 2.64 bits per heavy atom. The van der Waals surface area contributed by atoms with E-state index in [1.165, 1.54) is 24.4 Å². The molecule has 28 heavy (non-hydrogen) atoms. The summed E-state index contributed by atoms with van der Waals surface area (Å²) in [5.74, 6) is 0.537. The van der Waals surface area contributed by atoms with E-state index in [4.69, 9.17) is 11.6 Å². The standard InChI is InChI=1S/C21H24ClN3O2S/c1-14(20(26)25-19-11-10-16(22)13-23-19)28-18-9-5-8-17(12-18)24-21(27)15-6-3-2-4-7-15/h5,8-15H,2-4,6-7H2,1H3,(H,24,27)(H,23,25,26). The molecule has 0 spiro atoms. The number of carbonyl (C=O) groups is 2. The molecule has 1 fully saturated rings. The molecule has 1 aromatic carbocycles. The summed E-state index contributed by atoms with van der Waals surface area (Å²) >= 11 is 7.24. The number of anilines is 2. The number of thioether (sulfide) groups is 1. The highest BCUT2D eigenvalue weighted by Gasteiger charge is 2.21. The number of amides is 2. The minimum Gasteiger partial charge on any atom is -0.326 e. The van der Waals surface area contributed by atoms with Gasteiger partial charge in [0.2, 0.25) is 11.8 Å². The monoisotopic (exact) mass is 417 g/mol. The molecule has 1 aromatic heterocycles. The highest BCUT2D eigenvalue weighted by atomic mass is 35.5. The number of hydrogen-bond acceptors (Lipinski definition) is 4. The van der Waals surface area contributed by atoms with E-state index < -0.39 is 0 Å². The Bertz CT molecular complexity index is 823. The summed E-state index contributed by atoms with van der Waals surface area (Å²) < 4.78 is 0. The number of pyridine rings is 1. The Morgan fingerprint density at radius 2 is 1.93 bits per heavy atom. The summed E-state index contributed by atoms with van der Waals surface area (Å²) in [6, 6.07) is 11.0. The first kappa shape index (κ1) is 20.7. The average Bonchev–Trinajstić information content (AvgIpc) is 2.70. The molecule has 0 radical (unpaired) electrons. The van der Waals surface area contributed by atoms with Crippen LogP contribution in [0, 0.1) is 5.92 Å². The van der Waals surface area contributed by atoms with Crippen molar-refractivity contribution in [2.75, 3.05) is 10.6 Å². The molecular weight excluding hydrogens is 394 g/mol. The summed E-state index contributed by atoms with van der Waals surface area (Å²) in [5, 5.41) is 6.01. The maximum Gasteiger partial charge on any atom is 0.238 e. The van der Waals surface area contributed by atoms with Crippen LogP contribution in [0.3, 0.4) is 0 Å². The van der Waals surface area contributed by atoms with Crippen molar-refractivity contribution in [3.63, 3.8) is 0 Å². The molecule has 0 saturated heterocycles. The minimum atomic E-state index is -0.318. The predicted octanol–water partition coefficient (Wildman–Crippen LogP) is 5.37. The van der Waals surface area contributed by atoms with Crippen molar-refractivity contribution in [3.8, 4) is 0 Å². The third-order valence-corrected chi connectivity index (χ3v) is 6.06. The quantitative estimate of drug-likeness (QED) is 0.619. The lowest BCUT2D eigenvalue weighted by molar-refractivity contribution is -0.120. The lowest BCUT2D eigenvalue weighted by Gasteiger charge is -2.21. The number of nitrogens with one attached hydrogen (secondary N) is 2. The number of nitrogens with zero attached hydrogens (tertiary/aromatic N) is 1. The summed E-state index contributed by atoms with van der Waals surface area (Å²) in [7, 11) is 0. The van der Waals surface area contributed by atoms with Crippen molar-refractivity contribution in [3.05, 3.63) is 47.6 Å². The highest BCUT2D eigenvalue weighted by Crippen LogP contribution is 2.28. The van der Waals surface area contributed by atoms with E-state index in [-0.39, 0.29) is 23.0 Å². The average molecular weight is 418 g/mol. The van der Waals surface area contributed by atoms with Crippen molar-refractivity contribution in [2.24, 2.45) is 5.92 Å². The largest absolute Gasteiger partial charge is 0.326 e. The summed E-state index contributed by atoms with van der Waals surface area (Å²) in [4.78, 5) is 29.8. The maximum atomic E-state index is 12.4. The van der Waals surface area contributed by atoms with Gasteiger partial charge in [0.05, 0.1) is 10.3 Å². The number of rotatable bonds is 6. The smallest absolute Gasteiger partial charge is 0.238 e. The molecule has 3 rings (SSSR count). The molecule has 1 aliphatic carbocycles.